The first kappa shape index (κ1) is 21.4. The van der Waals surface area contributed by atoms with Gasteiger partial charge in [0.2, 0.25) is 0 Å². The van der Waals surface area contributed by atoms with Crippen LogP contribution in [0.15, 0.2) is 41.1 Å². The number of aromatic nitrogens is 3. The number of hydrogen-bond donors (Lipinski definition) is 2. The molecule has 0 bridgehead atoms. The van der Waals surface area contributed by atoms with E-state index in [1.54, 1.807) is 10.9 Å². The molecule has 2 aliphatic rings. The van der Waals surface area contributed by atoms with Gasteiger partial charge in [-0.15, -0.1) is 0 Å². The first-order chi connectivity index (χ1) is 16.1. The molecule has 9 heteroatoms. The fraction of sp³-hybridized carbons (Fsp3) is 0.417. The maximum Gasteiger partial charge on any atom is 0.274 e. The van der Waals surface area contributed by atoms with Crippen LogP contribution in [0.4, 0.5) is 0 Å². The van der Waals surface area contributed by atoms with E-state index in [9.17, 15) is 9.59 Å². The molecule has 5 rings (SSSR count). The lowest BCUT2D eigenvalue weighted by Gasteiger charge is -2.15. The fourth-order valence-electron chi connectivity index (χ4n) is 4.62. The van der Waals surface area contributed by atoms with Crippen LogP contribution in [0.1, 0.15) is 56.3 Å². The molecule has 0 radical (unpaired) electrons. The van der Waals surface area contributed by atoms with E-state index in [1.807, 2.05) is 37.3 Å². The maximum absolute atomic E-state index is 13.0. The van der Waals surface area contributed by atoms with Gasteiger partial charge >= 0.3 is 0 Å². The summed E-state index contributed by atoms with van der Waals surface area (Å²) in [4.78, 5) is 28.0. The minimum atomic E-state index is -0.244. The van der Waals surface area contributed by atoms with E-state index in [4.69, 9.17) is 4.52 Å². The summed E-state index contributed by atoms with van der Waals surface area (Å²) in [5, 5.41) is 14.4. The van der Waals surface area contributed by atoms with E-state index in [1.165, 1.54) is 12.8 Å². The molecule has 2 aromatic heterocycles. The summed E-state index contributed by atoms with van der Waals surface area (Å²) in [6, 6.07) is 9.62. The van der Waals surface area contributed by atoms with Crippen molar-refractivity contribution in [3.05, 3.63) is 70.4 Å². The van der Waals surface area contributed by atoms with Gasteiger partial charge < -0.3 is 15.2 Å². The first-order valence-electron chi connectivity index (χ1n) is 11.4. The molecule has 1 aromatic carbocycles. The Morgan fingerprint density at radius 3 is 2.73 bits per heavy atom. The van der Waals surface area contributed by atoms with Crippen LogP contribution in [0.25, 0.3) is 0 Å². The Hall–Kier alpha value is -3.46. The molecule has 0 spiro atoms. The van der Waals surface area contributed by atoms with Crippen molar-refractivity contribution in [3.63, 3.8) is 0 Å². The average molecular weight is 449 g/mol. The number of hydrogen-bond acceptors (Lipinski definition) is 6. The standard InChI is InChI=1S/C24H28N6O3/c1-16-20(15-29-9-5-6-10-29)22(28-33-16)24(32)27-18-11-21-19(13-26-30(21)14-18)23(31)25-12-17-7-3-2-4-8-17/h2-4,7-8,13,18H,5-6,9-12,14-15H2,1H3,(H,25,31)(H,27,32)/t18-/m0/s1. The number of fused-ring (bicyclic) bond motifs is 1. The summed E-state index contributed by atoms with van der Waals surface area (Å²) >= 11 is 0. The highest BCUT2D eigenvalue weighted by Gasteiger charge is 2.31. The van der Waals surface area contributed by atoms with Crippen LogP contribution >= 0.6 is 0 Å². The third-order valence-electron chi connectivity index (χ3n) is 6.44. The summed E-state index contributed by atoms with van der Waals surface area (Å²) in [5.74, 6) is 0.280. The van der Waals surface area contributed by atoms with E-state index in [2.05, 4.69) is 25.8 Å². The van der Waals surface area contributed by atoms with Crippen molar-refractivity contribution in [1.82, 2.24) is 30.5 Å². The molecule has 2 N–H and O–H groups in total. The highest BCUT2D eigenvalue weighted by Crippen LogP contribution is 2.22. The largest absolute Gasteiger partial charge is 0.361 e. The van der Waals surface area contributed by atoms with Gasteiger partial charge in [0.15, 0.2) is 5.69 Å². The van der Waals surface area contributed by atoms with Gasteiger partial charge in [0.1, 0.15) is 5.76 Å². The smallest absolute Gasteiger partial charge is 0.274 e. The van der Waals surface area contributed by atoms with Gasteiger partial charge in [0, 0.05) is 25.1 Å². The summed E-state index contributed by atoms with van der Waals surface area (Å²) in [6.45, 7) is 5.56. The SMILES string of the molecule is Cc1onc(C(=O)N[C@H]2Cc3c(C(=O)NCc4ccccc4)cnn3C2)c1CN1CCCC1. The second-order valence-electron chi connectivity index (χ2n) is 8.78. The molecule has 1 saturated heterocycles. The highest BCUT2D eigenvalue weighted by atomic mass is 16.5. The van der Waals surface area contributed by atoms with E-state index >= 15 is 0 Å². The van der Waals surface area contributed by atoms with Crippen LogP contribution in [0.2, 0.25) is 0 Å². The van der Waals surface area contributed by atoms with Gasteiger partial charge in [-0.3, -0.25) is 19.2 Å². The van der Waals surface area contributed by atoms with Crippen LogP contribution in [-0.2, 0) is 26.1 Å². The van der Waals surface area contributed by atoms with Crippen molar-refractivity contribution < 1.29 is 14.1 Å². The number of nitrogens with zero attached hydrogens (tertiary/aromatic N) is 4. The van der Waals surface area contributed by atoms with Crippen molar-refractivity contribution in [2.45, 2.75) is 51.9 Å². The Bertz CT molecular complexity index is 1150. The molecule has 1 atom stereocenters. The zero-order valence-corrected chi connectivity index (χ0v) is 18.7. The minimum absolute atomic E-state index is 0.154. The zero-order valence-electron chi connectivity index (χ0n) is 18.7. The van der Waals surface area contributed by atoms with Crippen molar-refractivity contribution in [1.29, 1.82) is 0 Å². The number of carbonyl (C=O) groups excluding carboxylic acids is 2. The van der Waals surface area contributed by atoms with Crippen molar-refractivity contribution in [2.24, 2.45) is 0 Å². The van der Waals surface area contributed by atoms with E-state index < -0.39 is 0 Å². The molecule has 2 aliphatic heterocycles. The number of aryl methyl sites for hydroxylation is 1. The van der Waals surface area contributed by atoms with Crippen molar-refractivity contribution in [2.75, 3.05) is 13.1 Å². The molecule has 2 amide bonds. The Morgan fingerprint density at radius 1 is 1.15 bits per heavy atom. The first-order valence-corrected chi connectivity index (χ1v) is 11.4. The summed E-state index contributed by atoms with van der Waals surface area (Å²) in [5.41, 5.74) is 3.62. The Labute approximate surface area is 192 Å². The third-order valence-corrected chi connectivity index (χ3v) is 6.44. The van der Waals surface area contributed by atoms with E-state index in [0.29, 0.717) is 43.1 Å². The summed E-state index contributed by atoms with van der Waals surface area (Å²) < 4.78 is 7.14. The Morgan fingerprint density at radius 2 is 1.94 bits per heavy atom. The molecule has 172 valence electrons. The number of likely N-dealkylation sites (tertiary alicyclic amines) is 1. The second kappa shape index (κ2) is 9.19. The highest BCUT2D eigenvalue weighted by molar-refractivity contribution is 5.96. The number of benzene rings is 1. The van der Waals surface area contributed by atoms with Crippen LogP contribution in [0.5, 0.6) is 0 Å². The lowest BCUT2D eigenvalue weighted by Crippen LogP contribution is -2.37. The maximum atomic E-state index is 13.0. The van der Waals surface area contributed by atoms with Gasteiger partial charge in [-0.25, -0.2) is 0 Å². The van der Waals surface area contributed by atoms with Crippen molar-refractivity contribution >= 4 is 11.8 Å². The summed E-state index contributed by atoms with van der Waals surface area (Å²) in [6.07, 6.45) is 4.50. The molecule has 33 heavy (non-hydrogen) atoms. The molecule has 3 aromatic rings. The minimum Gasteiger partial charge on any atom is -0.361 e. The molecule has 1 fully saturated rings. The predicted octanol–water partition coefficient (Wildman–Crippen LogP) is 2.06. The Balaban J connectivity index is 1.21. The van der Waals surface area contributed by atoms with Gasteiger partial charge in [0.25, 0.3) is 11.8 Å². The molecule has 9 nitrogen and oxygen atoms in total. The Kier molecular flexibility index (Phi) is 5.95. The van der Waals surface area contributed by atoms with E-state index in [-0.39, 0.29) is 17.9 Å². The monoisotopic (exact) mass is 448 g/mol. The third kappa shape index (κ3) is 4.54. The molecule has 0 unspecified atom stereocenters. The quantitative estimate of drug-likeness (QED) is 0.573. The van der Waals surface area contributed by atoms with Gasteiger partial charge in [-0.05, 0) is 38.4 Å². The number of carbonyl (C=O) groups is 2. The molecule has 4 heterocycles. The predicted molar refractivity (Wildman–Crippen MR) is 121 cm³/mol. The van der Waals surface area contributed by atoms with Gasteiger partial charge in [-0.1, -0.05) is 35.5 Å². The van der Waals surface area contributed by atoms with Crippen molar-refractivity contribution in [3.8, 4) is 0 Å². The number of nitrogens with one attached hydrogen (secondary N) is 2. The zero-order chi connectivity index (χ0) is 22.8. The van der Waals surface area contributed by atoms with Gasteiger partial charge in [0.05, 0.1) is 30.0 Å². The topological polar surface area (TPSA) is 105 Å². The normalized spacial score (nSPS) is 17.8. The molecular weight excluding hydrogens is 420 g/mol. The molecule has 0 aliphatic carbocycles. The van der Waals surface area contributed by atoms with Crippen LogP contribution in [0.3, 0.4) is 0 Å². The average Bonchev–Trinajstić information content (AvgIpc) is 3.59. The van der Waals surface area contributed by atoms with Gasteiger partial charge in [-0.2, -0.15) is 5.10 Å². The number of amides is 2. The van der Waals surface area contributed by atoms with Crippen LogP contribution < -0.4 is 10.6 Å². The fourth-order valence-corrected chi connectivity index (χ4v) is 4.62. The molecule has 0 saturated carbocycles. The van der Waals surface area contributed by atoms with Crippen LogP contribution in [0, 0.1) is 6.92 Å². The molecular formula is C24H28N6O3. The van der Waals surface area contributed by atoms with E-state index in [0.717, 1.165) is 29.9 Å². The number of rotatable bonds is 7. The lowest BCUT2D eigenvalue weighted by atomic mass is 10.1. The van der Waals surface area contributed by atoms with Crippen LogP contribution in [-0.4, -0.2) is 50.8 Å². The second-order valence-corrected chi connectivity index (χ2v) is 8.78. The lowest BCUT2D eigenvalue weighted by molar-refractivity contribution is 0.0924. The summed E-state index contributed by atoms with van der Waals surface area (Å²) in [7, 11) is 0.